The van der Waals surface area contributed by atoms with E-state index in [0.717, 1.165) is 0 Å². The van der Waals surface area contributed by atoms with Gasteiger partial charge in [-0.05, 0) is 5.56 Å². The highest BCUT2D eigenvalue weighted by Gasteiger charge is 2.25. The average molecular weight is 223 g/mol. The van der Waals surface area contributed by atoms with Gasteiger partial charge in [-0.25, -0.2) is 4.79 Å². The van der Waals surface area contributed by atoms with Crippen LogP contribution in [-0.4, -0.2) is 23.8 Å². The molecule has 2 atom stereocenters. The molecule has 0 aliphatic carbocycles. The first-order valence-electron chi connectivity index (χ1n) is 4.93. The van der Waals surface area contributed by atoms with Gasteiger partial charge < -0.3 is 15.6 Å². The van der Waals surface area contributed by atoms with Crippen molar-refractivity contribution in [2.75, 3.05) is 6.61 Å². The maximum atomic E-state index is 11.3. The maximum Gasteiger partial charge on any atom is 0.337 e. The number of carbonyl (C=O) groups is 1. The van der Waals surface area contributed by atoms with Crippen LogP contribution in [0.25, 0.3) is 0 Å². The van der Waals surface area contributed by atoms with Gasteiger partial charge in [0.15, 0.2) is 6.10 Å². The van der Waals surface area contributed by atoms with E-state index in [0.29, 0.717) is 5.56 Å². The average Bonchev–Trinajstić information content (AvgIpc) is 2.35. The lowest BCUT2D eigenvalue weighted by Crippen LogP contribution is -2.34. The molecule has 86 valence electrons. The van der Waals surface area contributed by atoms with Crippen LogP contribution in [-0.2, 0) is 9.53 Å². The van der Waals surface area contributed by atoms with Gasteiger partial charge in [0.1, 0.15) is 6.61 Å². The fourth-order valence-corrected chi connectivity index (χ4v) is 1.23. The van der Waals surface area contributed by atoms with Crippen LogP contribution in [0.15, 0.2) is 43.0 Å². The van der Waals surface area contributed by atoms with Crippen molar-refractivity contribution in [2.24, 2.45) is 5.73 Å². The third kappa shape index (κ3) is 3.18. The first-order valence-corrected chi connectivity index (χ1v) is 4.93. The van der Waals surface area contributed by atoms with Crippen LogP contribution >= 0.6 is 0 Å². The Morgan fingerprint density at radius 3 is 2.69 bits per heavy atom. The molecular weight excluding hydrogens is 208 g/mol. The second-order valence-electron chi connectivity index (χ2n) is 3.30. The van der Waals surface area contributed by atoms with Crippen molar-refractivity contribution in [1.82, 2.24) is 0 Å². The van der Waals surface area contributed by atoms with E-state index in [1.807, 2.05) is 6.07 Å². The molecule has 0 saturated heterocycles. The van der Waals surface area contributed by atoms with Gasteiger partial charge >= 0.3 is 5.97 Å². The molecule has 4 nitrogen and oxygen atoms in total. The van der Waals surface area contributed by atoms with Crippen molar-refractivity contribution in [3.05, 3.63) is 48.6 Å². The Kier molecular flexibility index (Phi) is 4.69. The van der Waals surface area contributed by atoms with E-state index in [2.05, 4.69) is 6.58 Å². The molecule has 1 aromatic rings. The van der Waals surface area contributed by atoms with Gasteiger partial charge in [-0.2, -0.15) is 0 Å². The molecule has 3 N–H and O–H groups in total. The predicted molar refractivity (Wildman–Crippen MR) is 60.5 cm³/mol. The minimum atomic E-state index is -1.36. The molecule has 1 rings (SSSR count). The Hall–Kier alpha value is -1.65. The zero-order valence-corrected chi connectivity index (χ0v) is 8.87. The fraction of sp³-hybridized carbons (Fsp3) is 0.250. The second-order valence-corrected chi connectivity index (χ2v) is 3.30. The van der Waals surface area contributed by atoms with Crippen LogP contribution in [0.1, 0.15) is 11.6 Å². The van der Waals surface area contributed by atoms with Crippen molar-refractivity contribution >= 4 is 5.97 Å². The Morgan fingerprint density at radius 1 is 1.50 bits per heavy atom. The van der Waals surface area contributed by atoms with E-state index < -0.39 is 18.1 Å². The zero-order chi connectivity index (χ0) is 12.0. The van der Waals surface area contributed by atoms with E-state index in [4.69, 9.17) is 10.5 Å². The summed E-state index contributed by atoms with van der Waals surface area (Å²) in [5.74, 6) is -0.740. The Bertz CT molecular complexity index is 351. The van der Waals surface area contributed by atoms with Crippen molar-refractivity contribution in [1.29, 1.82) is 0 Å². The molecule has 0 saturated carbocycles. The molecule has 0 spiro atoms. The normalized spacial score (nSPS) is 13.9. The van der Waals surface area contributed by atoms with E-state index in [1.54, 1.807) is 24.3 Å². The smallest absolute Gasteiger partial charge is 0.337 e. The summed E-state index contributed by atoms with van der Waals surface area (Å²) < 4.78 is 4.71. The number of aliphatic hydroxyl groups excluding tert-OH is 1. The van der Waals surface area contributed by atoms with Gasteiger partial charge in [-0.3, -0.25) is 0 Å². The van der Waals surface area contributed by atoms with Crippen molar-refractivity contribution in [3.8, 4) is 0 Å². The van der Waals surface area contributed by atoms with Gasteiger partial charge in [0, 0.05) is 0 Å². The maximum absolute atomic E-state index is 11.3. The summed E-state index contributed by atoms with van der Waals surface area (Å²) in [4.78, 5) is 11.3. The standard InChI is InChI=1S/C12H15NO3/c1-2-8-16-12(15)11(14)10(13)9-6-4-3-5-7-9/h2-7,10-11,14H,1,8,13H2/t10-,11-/m1/s1/i12+2. The molecule has 0 aliphatic rings. The molecule has 0 aromatic heterocycles. The highest BCUT2D eigenvalue weighted by Crippen LogP contribution is 2.14. The molecule has 0 aliphatic heterocycles. The number of hydrogen-bond acceptors (Lipinski definition) is 4. The van der Waals surface area contributed by atoms with Gasteiger partial charge in [-0.1, -0.05) is 43.0 Å². The number of aliphatic hydroxyl groups is 1. The third-order valence-corrected chi connectivity index (χ3v) is 2.11. The van der Waals surface area contributed by atoms with Crippen molar-refractivity contribution in [2.45, 2.75) is 12.1 Å². The predicted octanol–water partition coefficient (Wildman–Crippen LogP) is 0.776. The highest BCUT2D eigenvalue weighted by atomic mass is 16.8. The fourth-order valence-electron chi connectivity index (χ4n) is 1.23. The summed E-state index contributed by atoms with van der Waals surface area (Å²) in [5, 5.41) is 9.63. The number of nitrogens with two attached hydrogens (primary N) is 1. The van der Waals surface area contributed by atoms with E-state index in [9.17, 15) is 9.90 Å². The number of carbonyl (C=O) groups excluding carboxylic acids is 1. The molecule has 0 radical (unpaired) electrons. The molecule has 16 heavy (non-hydrogen) atoms. The van der Waals surface area contributed by atoms with E-state index >= 15 is 0 Å². The number of ether oxygens (including phenoxy) is 1. The SMILES string of the molecule is C=CCO[14C](=O)[C@H](O)[C@H](N)c1ccccc1. The van der Waals surface area contributed by atoms with Crippen molar-refractivity contribution in [3.63, 3.8) is 0 Å². The largest absolute Gasteiger partial charge is 0.459 e. The molecule has 0 bridgehead atoms. The molecule has 0 amide bonds. The first-order chi connectivity index (χ1) is 7.66. The highest BCUT2D eigenvalue weighted by molar-refractivity contribution is 5.75. The molecule has 0 unspecified atom stereocenters. The minimum Gasteiger partial charge on any atom is -0.459 e. The summed E-state index contributed by atoms with van der Waals surface area (Å²) in [6, 6.07) is 8.12. The van der Waals surface area contributed by atoms with Gasteiger partial charge in [-0.15, -0.1) is 0 Å². The zero-order valence-electron chi connectivity index (χ0n) is 8.87. The summed E-state index contributed by atoms with van der Waals surface area (Å²) in [6.07, 6.45) is 0.0703. The van der Waals surface area contributed by atoms with Gasteiger partial charge in [0.2, 0.25) is 0 Å². The summed E-state index contributed by atoms with van der Waals surface area (Å²) in [5.41, 5.74) is 6.42. The number of hydrogen-bond donors (Lipinski definition) is 2. The van der Waals surface area contributed by atoms with Gasteiger partial charge in [0.25, 0.3) is 0 Å². The lowest BCUT2D eigenvalue weighted by Gasteiger charge is -2.17. The van der Waals surface area contributed by atoms with Crippen molar-refractivity contribution < 1.29 is 14.6 Å². The number of esters is 1. The lowest BCUT2D eigenvalue weighted by molar-refractivity contribution is -0.153. The summed E-state index contributed by atoms with van der Waals surface area (Å²) in [7, 11) is 0. The first kappa shape index (κ1) is 12.4. The quantitative estimate of drug-likeness (QED) is 0.571. The van der Waals surface area contributed by atoms with Crippen LogP contribution in [0.5, 0.6) is 0 Å². The minimum absolute atomic E-state index is 0.0669. The van der Waals surface area contributed by atoms with Crippen LogP contribution in [0.2, 0.25) is 0 Å². The summed E-state index contributed by atoms with van der Waals surface area (Å²) in [6.45, 7) is 3.47. The monoisotopic (exact) mass is 223 g/mol. The number of rotatable bonds is 5. The molecule has 0 heterocycles. The third-order valence-electron chi connectivity index (χ3n) is 2.11. The van der Waals surface area contributed by atoms with Crippen LogP contribution < -0.4 is 5.73 Å². The molecular formula is C12H15NO3. The van der Waals surface area contributed by atoms with Crippen LogP contribution in [0.4, 0.5) is 0 Å². The lowest BCUT2D eigenvalue weighted by atomic mass is 10.1. The molecule has 0 fully saturated rings. The van der Waals surface area contributed by atoms with Crippen LogP contribution in [0, 0.1) is 0 Å². The second kappa shape index (κ2) is 6.05. The van der Waals surface area contributed by atoms with E-state index in [-0.39, 0.29) is 6.61 Å². The van der Waals surface area contributed by atoms with Gasteiger partial charge in [0.05, 0.1) is 6.04 Å². The topological polar surface area (TPSA) is 72.5 Å². The Morgan fingerprint density at radius 2 is 2.12 bits per heavy atom. The number of benzene rings is 1. The Balaban J connectivity index is 2.63. The molecule has 4 heteroatoms. The molecule has 1 aromatic carbocycles. The van der Waals surface area contributed by atoms with E-state index in [1.165, 1.54) is 6.08 Å². The van der Waals surface area contributed by atoms with Crippen LogP contribution in [0.3, 0.4) is 0 Å². The summed E-state index contributed by atoms with van der Waals surface area (Å²) >= 11 is 0. The Labute approximate surface area is 94.3 Å².